The molecule has 0 fully saturated rings. The van der Waals surface area contributed by atoms with Crippen molar-refractivity contribution in [3.8, 4) is 0 Å². The van der Waals surface area contributed by atoms with Gasteiger partial charge in [0.05, 0.1) is 0 Å². The zero-order valence-electron chi connectivity index (χ0n) is 9.98. The predicted molar refractivity (Wildman–Crippen MR) is 83.2 cm³/mol. The Morgan fingerprint density at radius 1 is 1.06 bits per heavy atom. The number of rotatable bonds is 6. The molecule has 0 aliphatic rings. The topological polar surface area (TPSA) is 69.7 Å². The van der Waals surface area contributed by atoms with Crippen LogP contribution in [0.15, 0.2) is 0 Å². The summed E-state index contributed by atoms with van der Waals surface area (Å²) >= 11 is 8.60. The Labute approximate surface area is 137 Å². The summed E-state index contributed by atoms with van der Waals surface area (Å²) in [4.78, 5) is 1.88. The molecule has 4 N–H and O–H groups in total. The van der Waals surface area contributed by atoms with E-state index >= 15 is 0 Å². The Bertz CT molecular complexity index is 195. The Morgan fingerprint density at radius 2 is 1.35 bits per heavy atom. The van der Waals surface area contributed by atoms with E-state index in [0.29, 0.717) is 0 Å². The van der Waals surface area contributed by atoms with Gasteiger partial charge in [0.2, 0.25) is 0 Å². The predicted octanol–water partition coefficient (Wildman–Crippen LogP) is 1.87. The molecule has 7 heteroatoms. The van der Waals surface area contributed by atoms with Crippen molar-refractivity contribution in [2.45, 2.75) is 39.5 Å². The second-order valence-corrected chi connectivity index (χ2v) is 4.10. The van der Waals surface area contributed by atoms with Crippen molar-refractivity contribution >= 4 is 64.3 Å². The maximum atomic E-state index is 9.12. The number of aliphatic hydroxyl groups excluding tert-OH is 2. The van der Waals surface area contributed by atoms with Gasteiger partial charge in [-0.3, -0.25) is 0 Å². The monoisotopic (exact) mass is 290 g/mol. The molecule has 17 heavy (non-hydrogen) atoms. The van der Waals surface area contributed by atoms with E-state index in [2.05, 4.69) is 31.8 Å². The first-order valence-electron chi connectivity index (χ1n) is 5.41. The third-order valence-electron chi connectivity index (χ3n) is 1.83. The molecular weight excluding hydrogens is 267 g/mol. The molecule has 0 aliphatic carbocycles. The maximum absolute atomic E-state index is 9.12. The van der Waals surface area contributed by atoms with Crippen molar-refractivity contribution in [1.82, 2.24) is 4.90 Å². The Morgan fingerprint density at radius 3 is 1.53 bits per heavy atom. The Balaban J connectivity index is -0.000000340. The van der Waals surface area contributed by atoms with Crippen LogP contribution in [0.25, 0.3) is 0 Å². The molecule has 0 aromatic heterocycles. The summed E-state index contributed by atoms with van der Waals surface area (Å²) in [5.74, 6) is 0. The van der Waals surface area contributed by atoms with Gasteiger partial charge in [0.25, 0.3) is 10.3 Å². The van der Waals surface area contributed by atoms with Crippen molar-refractivity contribution in [3.63, 3.8) is 0 Å². The molecule has 0 unspecified atom stereocenters. The van der Waals surface area contributed by atoms with E-state index in [1.165, 1.54) is 0 Å². The molecule has 0 saturated carbocycles. The molecule has 0 aromatic rings. The van der Waals surface area contributed by atoms with E-state index in [9.17, 15) is 0 Å². The van der Waals surface area contributed by atoms with Crippen LogP contribution < -0.4 is 5.73 Å². The van der Waals surface area contributed by atoms with Crippen LogP contribution >= 0.6 is 24.4 Å². The zero-order valence-corrected chi connectivity index (χ0v) is 11.6. The number of nitrogens with two attached hydrogens (primary N) is 1. The summed E-state index contributed by atoms with van der Waals surface area (Å²) in [7, 11) is 0. The average molecular weight is 290 g/mol. The van der Waals surface area contributed by atoms with Gasteiger partial charge in [-0.05, 0) is 37.3 Å². The Kier molecular flexibility index (Phi) is 21.7. The van der Waals surface area contributed by atoms with Gasteiger partial charge in [0, 0.05) is 13.1 Å². The third-order valence-corrected chi connectivity index (χ3v) is 2.09. The molecule has 0 atom stereocenters. The van der Waals surface area contributed by atoms with Crippen molar-refractivity contribution in [1.29, 1.82) is 0 Å². The molecule has 0 radical (unpaired) electrons. The number of aliphatic hydroxyl groups is 2. The van der Waals surface area contributed by atoms with Gasteiger partial charge >= 0.3 is 29.6 Å². The van der Waals surface area contributed by atoms with Crippen molar-refractivity contribution in [3.05, 3.63) is 0 Å². The quantitative estimate of drug-likeness (QED) is 0.512. The fraction of sp³-hybridized carbons (Fsp3) is 0.800. The molecule has 0 spiro atoms. The molecule has 4 nitrogen and oxygen atoms in total. The van der Waals surface area contributed by atoms with Gasteiger partial charge < -0.3 is 20.8 Å². The number of nitrogens with zero attached hydrogens (tertiary/aromatic N) is 1. The van der Waals surface area contributed by atoms with Crippen LogP contribution in [0, 0.1) is 0 Å². The summed E-state index contributed by atoms with van der Waals surface area (Å²) in [5.41, 5.74) is 4.40. The van der Waals surface area contributed by atoms with Crippen LogP contribution in [0.3, 0.4) is 0 Å². The van der Waals surface area contributed by atoms with Gasteiger partial charge in [0.1, 0.15) is 0 Å². The Hall–Kier alpha value is 0.380. The number of thiocarbonyl (C=S) groups is 2. The molecule has 0 heterocycles. The van der Waals surface area contributed by atoms with Crippen molar-refractivity contribution in [2.24, 2.45) is 5.73 Å². The van der Waals surface area contributed by atoms with E-state index < -0.39 is 5.17 Å². The van der Waals surface area contributed by atoms with Crippen LogP contribution in [0.2, 0.25) is 0 Å². The fourth-order valence-electron chi connectivity index (χ4n) is 1.00. The fourth-order valence-corrected chi connectivity index (χ4v) is 1.18. The summed E-state index contributed by atoms with van der Waals surface area (Å²) in [6.45, 7) is 6.06. The zero-order chi connectivity index (χ0) is 13.0. The van der Waals surface area contributed by atoms with Gasteiger partial charge in [-0.1, -0.05) is 26.7 Å². The van der Waals surface area contributed by atoms with E-state index in [0.717, 1.165) is 38.8 Å². The number of hydrogen-bond donors (Lipinski definition) is 3. The van der Waals surface area contributed by atoms with Crippen LogP contribution in [0.5, 0.6) is 0 Å². The molecule has 0 bridgehead atoms. The van der Waals surface area contributed by atoms with E-state index in [4.69, 9.17) is 22.4 Å². The van der Waals surface area contributed by atoms with E-state index in [-0.39, 0.29) is 34.7 Å². The summed E-state index contributed by atoms with van der Waals surface area (Å²) in [5, 5.41) is 16.2. The first kappa shape index (κ1) is 22.6. The minimum absolute atomic E-state index is 0. The summed E-state index contributed by atoms with van der Waals surface area (Å²) in [6, 6.07) is 0. The number of unbranched alkanes of at least 4 members (excludes halogenated alkanes) is 2. The van der Waals surface area contributed by atoms with Crippen LogP contribution in [-0.4, -0.2) is 68.1 Å². The van der Waals surface area contributed by atoms with Crippen molar-refractivity contribution < 1.29 is 10.2 Å². The first-order chi connectivity index (χ1) is 7.45. The molecular formula is C10H23N2NaO2S2. The average Bonchev–Trinajstić information content (AvgIpc) is 2.16. The van der Waals surface area contributed by atoms with Gasteiger partial charge in [-0.25, -0.2) is 0 Å². The normalized spacial score (nSPS) is 8.35. The molecule has 98 valence electrons. The van der Waals surface area contributed by atoms with Gasteiger partial charge in [-0.2, -0.15) is 0 Å². The van der Waals surface area contributed by atoms with E-state index in [1.54, 1.807) is 0 Å². The van der Waals surface area contributed by atoms with Gasteiger partial charge in [-0.15, -0.1) is 0 Å². The van der Waals surface area contributed by atoms with Crippen molar-refractivity contribution in [2.75, 3.05) is 13.1 Å². The summed E-state index contributed by atoms with van der Waals surface area (Å²) < 4.78 is 0. The van der Waals surface area contributed by atoms with Crippen LogP contribution in [0.4, 0.5) is 0 Å². The summed E-state index contributed by atoms with van der Waals surface area (Å²) in [6.07, 6.45) is 4.49. The standard InChI is InChI=1S/C9H19NOS.CH3NOS.Na.H/c1-3-5-7-10(9(11)12)8-6-4-2;2-1(3)4;;/h3-8H2,1-2H3,(H,11,12);(H3,2,3,4);;. The molecule has 0 rings (SSSR count). The minimum atomic E-state index is -0.500. The molecule has 0 amide bonds. The molecule has 0 aliphatic heterocycles. The van der Waals surface area contributed by atoms with Gasteiger partial charge in [0.15, 0.2) is 0 Å². The van der Waals surface area contributed by atoms with Crippen LogP contribution in [-0.2, 0) is 0 Å². The second kappa shape index (κ2) is 16.4. The molecule has 0 aromatic carbocycles. The van der Waals surface area contributed by atoms with E-state index in [1.807, 2.05) is 4.90 Å². The molecule has 0 saturated heterocycles. The first-order valence-corrected chi connectivity index (χ1v) is 6.23. The SMILES string of the molecule is CCCCN(CCCC)C(O)=S.NC(O)=S.[NaH]. The third kappa shape index (κ3) is 22.1. The van der Waals surface area contributed by atoms with Crippen LogP contribution in [0.1, 0.15) is 39.5 Å². The number of hydrogen-bond acceptors (Lipinski definition) is 2. The second-order valence-electron chi connectivity index (χ2n) is 3.31.